The predicted octanol–water partition coefficient (Wildman–Crippen LogP) is 2.43. The van der Waals surface area contributed by atoms with Crippen molar-refractivity contribution in [1.82, 2.24) is 20.2 Å². The lowest BCUT2D eigenvalue weighted by Crippen LogP contribution is -2.20. The molecule has 0 radical (unpaired) electrons. The molecule has 7 heteroatoms. The Labute approximate surface area is 132 Å². The highest BCUT2D eigenvalue weighted by Crippen LogP contribution is 2.14. The molecule has 0 aliphatic carbocycles. The summed E-state index contributed by atoms with van der Waals surface area (Å²) in [7, 11) is 0. The van der Waals surface area contributed by atoms with Crippen LogP contribution in [0, 0.1) is 12.7 Å². The molecule has 6 nitrogen and oxygen atoms in total. The van der Waals surface area contributed by atoms with Gasteiger partial charge in [0.2, 0.25) is 11.7 Å². The Balaban J connectivity index is 1.66. The van der Waals surface area contributed by atoms with Gasteiger partial charge >= 0.3 is 0 Å². The van der Waals surface area contributed by atoms with Crippen LogP contribution in [-0.2, 0) is 11.3 Å². The number of aryl methyl sites for hydroxylation is 1. The fourth-order valence-corrected chi connectivity index (χ4v) is 2.01. The topological polar surface area (TPSA) is 72.7 Å². The van der Waals surface area contributed by atoms with Crippen molar-refractivity contribution in [1.29, 1.82) is 0 Å². The van der Waals surface area contributed by atoms with Gasteiger partial charge < -0.3 is 5.32 Å². The zero-order valence-electron chi connectivity index (χ0n) is 12.4. The second-order valence-corrected chi connectivity index (χ2v) is 5.02. The number of carbonyl (C=O) groups excluding carboxylic acids is 1. The molecule has 3 rings (SSSR count). The first kappa shape index (κ1) is 14.8. The molecule has 0 saturated heterocycles. The predicted molar refractivity (Wildman–Crippen MR) is 83.0 cm³/mol. The van der Waals surface area contributed by atoms with E-state index in [1.165, 1.54) is 10.9 Å². The molecule has 0 spiro atoms. The zero-order valence-corrected chi connectivity index (χ0v) is 12.4. The Morgan fingerprint density at radius 2 is 2.00 bits per heavy atom. The minimum absolute atomic E-state index is 0.102. The fraction of sp³-hybridized carbons (Fsp3) is 0.125. The van der Waals surface area contributed by atoms with Crippen molar-refractivity contribution in [2.24, 2.45) is 0 Å². The van der Waals surface area contributed by atoms with Crippen molar-refractivity contribution in [2.75, 3.05) is 5.32 Å². The van der Waals surface area contributed by atoms with Crippen LogP contribution in [0.3, 0.4) is 0 Å². The second-order valence-electron chi connectivity index (χ2n) is 5.02. The summed E-state index contributed by atoms with van der Waals surface area (Å²) in [5.41, 5.74) is 1.73. The first-order valence-electron chi connectivity index (χ1n) is 7.01. The molecule has 1 aromatic heterocycles. The van der Waals surface area contributed by atoms with E-state index >= 15 is 0 Å². The maximum atomic E-state index is 13.5. The lowest BCUT2D eigenvalue weighted by molar-refractivity contribution is -0.117. The van der Waals surface area contributed by atoms with E-state index in [-0.39, 0.29) is 18.3 Å². The van der Waals surface area contributed by atoms with E-state index in [0.717, 1.165) is 5.56 Å². The molecular weight excluding hydrogens is 297 g/mol. The van der Waals surface area contributed by atoms with Gasteiger partial charge in [-0.3, -0.25) is 4.79 Å². The molecule has 2 aromatic carbocycles. The van der Waals surface area contributed by atoms with Gasteiger partial charge in [-0.2, -0.15) is 4.80 Å². The standard InChI is InChI=1S/C16H14FN5O/c1-11-7-8-13(9-14(11)17)18-15(23)10-22-20-16(19-21-22)12-5-3-2-4-6-12/h2-9H,10H2,1H3,(H,18,23). The summed E-state index contributed by atoms with van der Waals surface area (Å²) < 4.78 is 13.5. The van der Waals surface area contributed by atoms with Crippen LogP contribution < -0.4 is 5.32 Å². The van der Waals surface area contributed by atoms with Gasteiger partial charge in [-0.1, -0.05) is 36.4 Å². The van der Waals surface area contributed by atoms with E-state index in [4.69, 9.17) is 0 Å². The molecule has 116 valence electrons. The number of carbonyl (C=O) groups is 1. The van der Waals surface area contributed by atoms with Gasteiger partial charge in [-0.05, 0) is 29.8 Å². The van der Waals surface area contributed by atoms with Crippen LogP contribution >= 0.6 is 0 Å². The Bertz CT molecular complexity index is 831. The summed E-state index contributed by atoms with van der Waals surface area (Å²) >= 11 is 0. The molecule has 1 amide bonds. The van der Waals surface area contributed by atoms with Gasteiger partial charge in [-0.15, -0.1) is 10.2 Å². The number of anilines is 1. The molecular formula is C16H14FN5O. The van der Waals surface area contributed by atoms with E-state index in [9.17, 15) is 9.18 Å². The molecule has 0 bridgehead atoms. The number of nitrogens with zero attached hydrogens (tertiary/aromatic N) is 4. The summed E-state index contributed by atoms with van der Waals surface area (Å²) in [6.07, 6.45) is 0. The maximum absolute atomic E-state index is 13.5. The first-order chi connectivity index (χ1) is 11.1. The zero-order chi connectivity index (χ0) is 16.2. The van der Waals surface area contributed by atoms with Gasteiger partial charge in [0.1, 0.15) is 12.4 Å². The Hall–Kier alpha value is -3.09. The van der Waals surface area contributed by atoms with Crippen LogP contribution in [0.1, 0.15) is 5.56 Å². The third-order valence-electron chi connectivity index (χ3n) is 3.23. The Morgan fingerprint density at radius 3 is 2.74 bits per heavy atom. The molecule has 0 unspecified atom stereocenters. The lowest BCUT2D eigenvalue weighted by Gasteiger charge is -2.05. The molecule has 0 atom stereocenters. The van der Waals surface area contributed by atoms with Crippen molar-refractivity contribution >= 4 is 11.6 Å². The lowest BCUT2D eigenvalue weighted by atomic mass is 10.2. The molecule has 0 aliphatic heterocycles. The van der Waals surface area contributed by atoms with Crippen LogP contribution in [-0.4, -0.2) is 26.1 Å². The van der Waals surface area contributed by atoms with Crippen LogP contribution in [0.2, 0.25) is 0 Å². The molecule has 0 saturated carbocycles. The highest BCUT2D eigenvalue weighted by Gasteiger charge is 2.10. The average molecular weight is 311 g/mol. The van der Waals surface area contributed by atoms with E-state index < -0.39 is 0 Å². The number of tetrazole rings is 1. The average Bonchev–Trinajstić information content (AvgIpc) is 3.00. The number of amides is 1. The summed E-state index contributed by atoms with van der Waals surface area (Å²) in [5.74, 6) is -0.280. The molecule has 23 heavy (non-hydrogen) atoms. The Kier molecular flexibility index (Phi) is 4.09. The van der Waals surface area contributed by atoms with Crippen LogP contribution in [0.15, 0.2) is 48.5 Å². The maximum Gasteiger partial charge on any atom is 0.248 e. The van der Waals surface area contributed by atoms with Gasteiger partial charge in [-0.25, -0.2) is 4.39 Å². The number of halogens is 1. The minimum Gasteiger partial charge on any atom is -0.324 e. The van der Waals surface area contributed by atoms with Gasteiger partial charge in [0, 0.05) is 11.3 Å². The van der Waals surface area contributed by atoms with Crippen molar-refractivity contribution in [3.05, 3.63) is 59.9 Å². The number of hydrogen-bond acceptors (Lipinski definition) is 4. The normalized spacial score (nSPS) is 10.5. The first-order valence-corrected chi connectivity index (χ1v) is 7.01. The minimum atomic E-state index is -0.368. The number of benzene rings is 2. The summed E-state index contributed by atoms with van der Waals surface area (Å²) in [6.45, 7) is 1.56. The van der Waals surface area contributed by atoms with Gasteiger partial charge in [0.25, 0.3) is 0 Å². The summed E-state index contributed by atoms with van der Waals surface area (Å²) in [4.78, 5) is 13.2. The summed E-state index contributed by atoms with van der Waals surface area (Å²) in [6, 6.07) is 13.9. The van der Waals surface area contributed by atoms with Crippen molar-refractivity contribution < 1.29 is 9.18 Å². The molecule has 0 aliphatic rings. The van der Waals surface area contributed by atoms with Crippen LogP contribution in [0.5, 0.6) is 0 Å². The van der Waals surface area contributed by atoms with Crippen LogP contribution in [0.4, 0.5) is 10.1 Å². The number of hydrogen-bond donors (Lipinski definition) is 1. The van der Waals surface area contributed by atoms with E-state index in [2.05, 4.69) is 20.7 Å². The quantitative estimate of drug-likeness (QED) is 0.803. The van der Waals surface area contributed by atoms with Crippen molar-refractivity contribution in [2.45, 2.75) is 13.5 Å². The highest BCUT2D eigenvalue weighted by atomic mass is 19.1. The fourth-order valence-electron chi connectivity index (χ4n) is 2.01. The third-order valence-corrected chi connectivity index (χ3v) is 3.23. The molecule has 3 aromatic rings. The van der Waals surface area contributed by atoms with Gasteiger partial charge in [0.15, 0.2) is 0 Å². The van der Waals surface area contributed by atoms with Crippen LogP contribution in [0.25, 0.3) is 11.4 Å². The SMILES string of the molecule is Cc1ccc(NC(=O)Cn2nnc(-c3ccccc3)n2)cc1F. The largest absolute Gasteiger partial charge is 0.324 e. The van der Waals surface area contributed by atoms with E-state index in [0.29, 0.717) is 17.1 Å². The molecule has 0 fully saturated rings. The smallest absolute Gasteiger partial charge is 0.248 e. The molecule has 1 N–H and O–H groups in total. The monoisotopic (exact) mass is 311 g/mol. The molecule has 1 heterocycles. The van der Waals surface area contributed by atoms with E-state index in [1.54, 1.807) is 19.1 Å². The summed E-state index contributed by atoms with van der Waals surface area (Å²) in [5, 5.41) is 14.5. The highest BCUT2D eigenvalue weighted by molar-refractivity contribution is 5.90. The van der Waals surface area contributed by atoms with Crippen molar-refractivity contribution in [3.8, 4) is 11.4 Å². The van der Waals surface area contributed by atoms with E-state index in [1.807, 2.05) is 30.3 Å². The second kappa shape index (κ2) is 6.35. The Morgan fingerprint density at radius 1 is 1.22 bits per heavy atom. The van der Waals surface area contributed by atoms with Crippen molar-refractivity contribution in [3.63, 3.8) is 0 Å². The van der Waals surface area contributed by atoms with Gasteiger partial charge in [0.05, 0.1) is 0 Å². The number of rotatable bonds is 4. The number of aromatic nitrogens is 4. The number of nitrogens with one attached hydrogen (secondary N) is 1. The third kappa shape index (κ3) is 3.57.